The molecule has 28 heavy (non-hydrogen) atoms. The van der Waals surface area contributed by atoms with Crippen LogP contribution in [0.5, 0.6) is 11.6 Å². The molecule has 1 aromatic heterocycles. The number of amides is 2. The molecule has 2 N–H and O–H groups in total. The Bertz CT molecular complexity index is 975. The summed E-state index contributed by atoms with van der Waals surface area (Å²) < 4.78 is 10.2. The molecule has 0 radical (unpaired) electrons. The lowest BCUT2D eigenvalue weighted by atomic mass is 10.2. The molecule has 0 spiro atoms. The Hall–Kier alpha value is -3.94. The van der Waals surface area contributed by atoms with Gasteiger partial charge >= 0.3 is 0 Å². The van der Waals surface area contributed by atoms with Gasteiger partial charge in [-0.3, -0.25) is 14.9 Å². The maximum atomic E-state index is 12.4. The topological polar surface area (TPSA) is 102 Å². The van der Waals surface area contributed by atoms with Gasteiger partial charge in [0.05, 0.1) is 14.2 Å². The number of rotatable bonds is 6. The zero-order valence-corrected chi connectivity index (χ0v) is 15.3. The zero-order valence-electron chi connectivity index (χ0n) is 15.3. The Labute approximate surface area is 161 Å². The number of methoxy groups -OCH3 is 2. The maximum Gasteiger partial charge on any atom is 0.258 e. The number of aromatic nitrogens is 2. The van der Waals surface area contributed by atoms with E-state index in [1.54, 1.807) is 55.6 Å². The summed E-state index contributed by atoms with van der Waals surface area (Å²) >= 11 is 0. The standard InChI is InChI=1S/C20H18N4O4/c1-27-15-10-8-14(9-11-15)19(26)24-20-22-16(12-17(23-20)28-2)21-18(25)13-6-4-3-5-7-13/h3-12H,1-2H3,(H2,21,22,23,24,25,26). The number of nitrogens with one attached hydrogen (secondary N) is 2. The summed E-state index contributed by atoms with van der Waals surface area (Å²) in [6, 6.07) is 16.7. The Morgan fingerprint density at radius 3 is 2.07 bits per heavy atom. The average molecular weight is 378 g/mol. The van der Waals surface area contributed by atoms with E-state index in [1.165, 1.54) is 13.2 Å². The van der Waals surface area contributed by atoms with Gasteiger partial charge in [0.15, 0.2) is 0 Å². The second kappa shape index (κ2) is 8.63. The molecule has 0 fully saturated rings. The van der Waals surface area contributed by atoms with Crippen molar-refractivity contribution in [3.05, 3.63) is 71.8 Å². The van der Waals surface area contributed by atoms with Crippen molar-refractivity contribution in [3.8, 4) is 11.6 Å². The third-order valence-electron chi connectivity index (χ3n) is 3.77. The highest BCUT2D eigenvalue weighted by atomic mass is 16.5. The lowest BCUT2D eigenvalue weighted by Crippen LogP contribution is -2.17. The molecule has 1 heterocycles. The smallest absolute Gasteiger partial charge is 0.258 e. The summed E-state index contributed by atoms with van der Waals surface area (Å²) in [6.07, 6.45) is 0. The molecule has 3 aromatic rings. The van der Waals surface area contributed by atoms with E-state index in [0.717, 1.165) is 0 Å². The third kappa shape index (κ3) is 4.61. The van der Waals surface area contributed by atoms with Gasteiger partial charge in [0.25, 0.3) is 11.8 Å². The molecule has 8 nitrogen and oxygen atoms in total. The van der Waals surface area contributed by atoms with E-state index in [1.807, 2.05) is 6.07 Å². The predicted molar refractivity (Wildman–Crippen MR) is 104 cm³/mol. The van der Waals surface area contributed by atoms with Crippen LogP contribution in [-0.4, -0.2) is 36.0 Å². The lowest BCUT2D eigenvalue weighted by molar-refractivity contribution is 0.101. The van der Waals surface area contributed by atoms with Gasteiger partial charge in [-0.05, 0) is 36.4 Å². The first-order valence-corrected chi connectivity index (χ1v) is 8.34. The number of carbonyl (C=O) groups is 2. The average Bonchev–Trinajstić information content (AvgIpc) is 2.74. The van der Waals surface area contributed by atoms with Crippen molar-refractivity contribution >= 4 is 23.6 Å². The number of nitrogens with zero attached hydrogens (tertiary/aromatic N) is 2. The summed E-state index contributed by atoms with van der Waals surface area (Å²) in [5, 5.41) is 5.25. The van der Waals surface area contributed by atoms with Crippen LogP contribution >= 0.6 is 0 Å². The van der Waals surface area contributed by atoms with E-state index in [0.29, 0.717) is 16.9 Å². The van der Waals surface area contributed by atoms with Crippen molar-refractivity contribution < 1.29 is 19.1 Å². The third-order valence-corrected chi connectivity index (χ3v) is 3.77. The first-order valence-electron chi connectivity index (χ1n) is 8.34. The SMILES string of the molecule is COc1ccc(C(=O)Nc2nc(NC(=O)c3ccccc3)cc(OC)n2)cc1. The van der Waals surface area contributed by atoms with Crippen molar-refractivity contribution in [3.63, 3.8) is 0 Å². The summed E-state index contributed by atoms with van der Waals surface area (Å²) in [5.74, 6) is 0.294. The minimum absolute atomic E-state index is 0.00327. The first-order chi connectivity index (χ1) is 13.6. The molecule has 0 aliphatic rings. The van der Waals surface area contributed by atoms with Crippen LogP contribution in [0.4, 0.5) is 11.8 Å². The molecule has 0 aliphatic heterocycles. The van der Waals surface area contributed by atoms with Gasteiger partial charge in [0.1, 0.15) is 11.6 Å². The van der Waals surface area contributed by atoms with Crippen molar-refractivity contribution in [2.24, 2.45) is 0 Å². The van der Waals surface area contributed by atoms with E-state index >= 15 is 0 Å². The highest BCUT2D eigenvalue weighted by Gasteiger charge is 2.13. The van der Waals surface area contributed by atoms with E-state index in [-0.39, 0.29) is 23.6 Å². The zero-order chi connectivity index (χ0) is 19.9. The molecule has 8 heteroatoms. The van der Waals surface area contributed by atoms with Crippen LogP contribution in [0.25, 0.3) is 0 Å². The molecule has 0 atom stereocenters. The molecule has 0 aliphatic carbocycles. The molecule has 142 valence electrons. The monoisotopic (exact) mass is 378 g/mol. The summed E-state index contributed by atoms with van der Waals surface area (Å²) in [7, 11) is 2.98. The highest BCUT2D eigenvalue weighted by molar-refractivity contribution is 6.05. The fourth-order valence-electron chi connectivity index (χ4n) is 2.34. The Kier molecular flexibility index (Phi) is 5.81. The Balaban J connectivity index is 1.78. The van der Waals surface area contributed by atoms with Crippen LogP contribution in [0.2, 0.25) is 0 Å². The molecule has 3 rings (SSSR count). The van der Waals surface area contributed by atoms with Crippen LogP contribution in [0.15, 0.2) is 60.7 Å². The quantitative estimate of drug-likeness (QED) is 0.684. The molecule has 2 aromatic carbocycles. The van der Waals surface area contributed by atoms with Gasteiger partial charge in [0.2, 0.25) is 11.8 Å². The van der Waals surface area contributed by atoms with Crippen LogP contribution < -0.4 is 20.1 Å². The summed E-state index contributed by atoms with van der Waals surface area (Å²) in [6.45, 7) is 0. The van der Waals surface area contributed by atoms with E-state index in [2.05, 4.69) is 20.6 Å². The van der Waals surface area contributed by atoms with Crippen molar-refractivity contribution in [1.82, 2.24) is 9.97 Å². The number of benzene rings is 2. The normalized spacial score (nSPS) is 10.1. The second-order valence-corrected chi connectivity index (χ2v) is 5.62. The number of hydrogen-bond donors (Lipinski definition) is 2. The van der Waals surface area contributed by atoms with Crippen molar-refractivity contribution in [2.75, 3.05) is 24.9 Å². The number of hydrogen-bond acceptors (Lipinski definition) is 6. The highest BCUT2D eigenvalue weighted by Crippen LogP contribution is 2.18. The van der Waals surface area contributed by atoms with E-state index in [9.17, 15) is 9.59 Å². The molecule has 2 amide bonds. The van der Waals surface area contributed by atoms with Gasteiger partial charge in [-0.25, -0.2) is 0 Å². The van der Waals surface area contributed by atoms with Gasteiger partial charge in [-0.2, -0.15) is 9.97 Å². The fraction of sp³-hybridized carbons (Fsp3) is 0.100. The Morgan fingerprint density at radius 1 is 0.786 bits per heavy atom. The van der Waals surface area contributed by atoms with Gasteiger partial charge in [-0.15, -0.1) is 0 Å². The minimum atomic E-state index is -0.406. The molecular weight excluding hydrogens is 360 g/mol. The predicted octanol–water partition coefficient (Wildman–Crippen LogP) is 3.00. The van der Waals surface area contributed by atoms with Gasteiger partial charge < -0.3 is 14.8 Å². The molecule has 0 saturated carbocycles. The van der Waals surface area contributed by atoms with Crippen molar-refractivity contribution in [2.45, 2.75) is 0 Å². The largest absolute Gasteiger partial charge is 0.497 e. The Morgan fingerprint density at radius 2 is 1.43 bits per heavy atom. The molecular formula is C20H18N4O4. The molecule has 0 bridgehead atoms. The maximum absolute atomic E-state index is 12.4. The van der Waals surface area contributed by atoms with Crippen LogP contribution in [0.3, 0.4) is 0 Å². The second-order valence-electron chi connectivity index (χ2n) is 5.62. The van der Waals surface area contributed by atoms with Crippen molar-refractivity contribution in [1.29, 1.82) is 0 Å². The number of ether oxygens (including phenoxy) is 2. The number of anilines is 2. The summed E-state index contributed by atoms with van der Waals surface area (Å²) in [5.41, 5.74) is 0.881. The van der Waals surface area contributed by atoms with E-state index in [4.69, 9.17) is 9.47 Å². The molecule has 0 saturated heterocycles. The minimum Gasteiger partial charge on any atom is -0.497 e. The van der Waals surface area contributed by atoms with Crippen LogP contribution in [0.1, 0.15) is 20.7 Å². The van der Waals surface area contributed by atoms with Gasteiger partial charge in [-0.1, -0.05) is 18.2 Å². The molecule has 0 unspecified atom stereocenters. The fourth-order valence-corrected chi connectivity index (χ4v) is 2.34. The lowest BCUT2D eigenvalue weighted by Gasteiger charge is -2.10. The van der Waals surface area contributed by atoms with Gasteiger partial charge in [0, 0.05) is 17.2 Å². The summed E-state index contributed by atoms with van der Waals surface area (Å²) in [4.78, 5) is 33.0. The van der Waals surface area contributed by atoms with Crippen LogP contribution in [-0.2, 0) is 0 Å². The van der Waals surface area contributed by atoms with E-state index < -0.39 is 5.91 Å². The number of carbonyl (C=O) groups excluding carboxylic acids is 2. The van der Waals surface area contributed by atoms with Crippen LogP contribution in [0, 0.1) is 0 Å². The first kappa shape index (κ1) is 18.8.